The lowest BCUT2D eigenvalue weighted by atomic mass is 10.2. The highest BCUT2D eigenvalue weighted by atomic mass is 32.1. The van der Waals surface area contributed by atoms with Gasteiger partial charge in [0.15, 0.2) is 0 Å². The lowest BCUT2D eigenvalue weighted by Crippen LogP contribution is -2.09. The maximum absolute atomic E-state index is 12.1. The molecule has 19 heavy (non-hydrogen) atoms. The van der Waals surface area contributed by atoms with Crippen LogP contribution in [-0.2, 0) is 6.42 Å². The van der Waals surface area contributed by atoms with Crippen LogP contribution in [-0.4, -0.2) is 16.1 Å². The Bertz CT molecular complexity index is 613. The summed E-state index contributed by atoms with van der Waals surface area (Å²) in [6.07, 6.45) is 3.37. The van der Waals surface area contributed by atoms with E-state index in [0.717, 1.165) is 16.3 Å². The Morgan fingerprint density at radius 2 is 2.21 bits per heavy atom. The van der Waals surface area contributed by atoms with E-state index < -0.39 is 0 Å². The van der Waals surface area contributed by atoms with E-state index >= 15 is 0 Å². The predicted molar refractivity (Wildman–Crippen MR) is 78.3 cm³/mol. The lowest BCUT2D eigenvalue weighted by Gasteiger charge is -1.96. The molecule has 2 aromatic heterocycles. The third kappa shape index (κ3) is 2.69. The Labute approximate surface area is 119 Å². The first kappa shape index (κ1) is 12.7. The maximum atomic E-state index is 12.1. The summed E-state index contributed by atoms with van der Waals surface area (Å²) in [6.45, 7) is 4.15. The number of nitrogens with zero attached hydrogens (tertiary/aromatic N) is 2. The second-order valence-corrected chi connectivity index (χ2v) is 6.89. The number of rotatable bonds is 4. The van der Waals surface area contributed by atoms with Crippen molar-refractivity contribution < 1.29 is 4.79 Å². The molecule has 0 aromatic carbocycles. The third-order valence-electron chi connectivity index (χ3n) is 3.15. The van der Waals surface area contributed by atoms with Crippen LogP contribution in [0.25, 0.3) is 0 Å². The van der Waals surface area contributed by atoms with Crippen molar-refractivity contribution in [2.75, 3.05) is 5.32 Å². The monoisotopic (exact) mass is 293 g/mol. The molecule has 3 rings (SSSR count). The molecule has 0 atom stereocenters. The fourth-order valence-electron chi connectivity index (χ4n) is 1.92. The number of aromatic nitrogens is 2. The van der Waals surface area contributed by atoms with Crippen LogP contribution in [0.3, 0.4) is 0 Å². The number of carbonyl (C=O) groups is 1. The molecule has 0 aliphatic heterocycles. The van der Waals surface area contributed by atoms with E-state index in [4.69, 9.17) is 0 Å². The molecule has 6 heteroatoms. The SMILES string of the molecule is CCc1sc(C(=O)Nc2nnc(C3CC3)s2)cc1C. The van der Waals surface area contributed by atoms with Crippen LogP contribution in [0, 0.1) is 6.92 Å². The highest BCUT2D eigenvalue weighted by Crippen LogP contribution is 2.42. The van der Waals surface area contributed by atoms with Crippen LogP contribution in [0.15, 0.2) is 6.07 Å². The number of thiophene rings is 1. The minimum atomic E-state index is -0.0775. The lowest BCUT2D eigenvalue weighted by molar-refractivity contribution is 0.103. The molecule has 1 aliphatic carbocycles. The Hall–Kier alpha value is -1.27. The number of hydrogen-bond acceptors (Lipinski definition) is 5. The Balaban J connectivity index is 1.72. The summed E-state index contributed by atoms with van der Waals surface area (Å²) in [5, 5.41) is 12.7. The third-order valence-corrected chi connectivity index (χ3v) is 5.53. The minimum absolute atomic E-state index is 0.0775. The normalized spacial score (nSPS) is 14.6. The van der Waals surface area contributed by atoms with Crippen LogP contribution in [0.1, 0.15) is 50.8 Å². The van der Waals surface area contributed by atoms with E-state index in [1.165, 1.54) is 34.6 Å². The molecule has 0 saturated heterocycles. The van der Waals surface area contributed by atoms with E-state index in [9.17, 15) is 4.79 Å². The van der Waals surface area contributed by atoms with Gasteiger partial charge in [0.25, 0.3) is 5.91 Å². The standard InChI is InChI=1S/C13H15N3OS2/c1-3-9-7(2)6-10(18-9)11(17)14-13-16-15-12(19-13)8-4-5-8/h6,8H,3-5H2,1-2H3,(H,14,16,17). The van der Waals surface area contributed by atoms with Gasteiger partial charge in [0, 0.05) is 10.8 Å². The Morgan fingerprint density at radius 1 is 1.42 bits per heavy atom. The molecular formula is C13H15N3OS2. The van der Waals surface area contributed by atoms with Crippen molar-refractivity contribution in [2.45, 2.75) is 39.0 Å². The van der Waals surface area contributed by atoms with Gasteiger partial charge >= 0.3 is 0 Å². The number of nitrogens with one attached hydrogen (secondary N) is 1. The first-order chi connectivity index (χ1) is 9.17. The fourth-order valence-corrected chi connectivity index (χ4v) is 3.84. The van der Waals surface area contributed by atoms with E-state index in [1.54, 1.807) is 11.3 Å². The Kier molecular flexibility index (Phi) is 3.36. The first-order valence-corrected chi connectivity index (χ1v) is 8.04. The molecule has 1 N–H and O–H groups in total. The van der Waals surface area contributed by atoms with Crippen molar-refractivity contribution in [2.24, 2.45) is 0 Å². The summed E-state index contributed by atoms with van der Waals surface area (Å²) in [7, 11) is 0. The number of carbonyl (C=O) groups excluding carboxylic acids is 1. The molecule has 2 heterocycles. The van der Waals surface area contributed by atoms with Crippen LogP contribution < -0.4 is 5.32 Å². The number of amides is 1. The topological polar surface area (TPSA) is 54.9 Å². The average molecular weight is 293 g/mol. The maximum Gasteiger partial charge on any atom is 0.267 e. The zero-order chi connectivity index (χ0) is 13.4. The smallest absolute Gasteiger partial charge is 0.267 e. The molecule has 1 saturated carbocycles. The zero-order valence-electron chi connectivity index (χ0n) is 10.9. The highest BCUT2D eigenvalue weighted by molar-refractivity contribution is 7.16. The summed E-state index contributed by atoms with van der Waals surface area (Å²) in [5.74, 6) is 0.505. The predicted octanol–water partition coefficient (Wildman–Crippen LogP) is 3.60. The van der Waals surface area contributed by atoms with Gasteiger partial charge in [-0.05, 0) is 37.8 Å². The molecule has 0 unspecified atom stereocenters. The van der Waals surface area contributed by atoms with Crippen molar-refractivity contribution in [3.8, 4) is 0 Å². The van der Waals surface area contributed by atoms with Gasteiger partial charge in [-0.3, -0.25) is 10.1 Å². The van der Waals surface area contributed by atoms with Crippen molar-refractivity contribution in [3.05, 3.63) is 26.4 Å². The van der Waals surface area contributed by atoms with Gasteiger partial charge in [0.1, 0.15) is 5.01 Å². The molecule has 4 nitrogen and oxygen atoms in total. The zero-order valence-corrected chi connectivity index (χ0v) is 12.5. The quantitative estimate of drug-likeness (QED) is 0.937. The molecule has 0 bridgehead atoms. The molecular weight excluding hydrogens is 278 g/mol. The van der Waals surface area contributed by atoms with Gasteiger partial charge in [-0.25, -0.2) is 0 Å². The second-order valence-electron chi connectivity index (χ2n) is 4.74. The van der Waals surface area contributed by atoms with Crippen LogP contribution >= 0.6 is 22.7 Å². The van der Waals surface area contributed by atoms with Gasteiger partial charge in [-0.2, -0.15) is 0 Å². The van der Waals surface area contributed by atoms with Gasteiger partial charge in [-0.15, -0.1) is 21.5 Å². The van der Waals surface area contributed by atoms with Gasteiger partial charge < -0.3 is 0 Å². The van der Waals surface area contributed by atoms with Crippen molar-refractivity contribution in [1.29, 1.82) is 0 Å². The van der Waals surface area contributed by atoms with Crippen LogP contribution in [0.4, 0.5) is 5.13 Å². The van der Waals surface area contributed by atoms with Crippen molar-refractivity contribution >= 4 is 33.7 Å². The number of anilines is 1. The second kappa shape index (κ2) is 5.02. The van der Waals surface area contributed by atoms with E-state index in [0.29, 0.717) is 11.0 Å². The van der Waals surface area contributed by atoms with E-state index in [2.05, 4.69) is 22.4 Å². The Morgan fingerprint density at radius 3 is 2.84 bits per heavy atom. The summed E-state index contributed by atoms with van der Waals surface area (Å²) >= 11 is 3.05. The fraction of sp³-hybridized carbons (Fsp3) is 0.462. The van der Waals surface area contributed by atoms with Gasteiger partial charge in [-0.1, -0.05) is 18.3 Å². The molecule has 1 amide bonds. The summed E-state index contributed by atoms with van der Waals surface area (Å²) < 4.78 is 0. The number of aryl methyl sites for hydroxylation is 2. The number of hydrogen-bond donors (Lipinski definition) is 1. The summed E-state index contributed by atoms with van der Waals surface area (Å²) in [6, 6.07) is 1.95. The average Bonchev–Trinajstić information content (AvgIpc) is 3.03. The van der Waals surface area contributed by atoms with Gasteiger partial charge in [0.05, 0.1) is 4.88 Å². The van der Waals surface area contributed by atoms with Crippen LogP contribution in [0.5, 0.6) is 0 Å². The molecule has 1 aliphatic rings. The van der Waals surface area contributed by atoms with E-state index in [1.807, 2.05) is 13.0 Å². The molecule has 2 aromatic rings. The molecule has 0 radical (unpaired) electrons. The molecule has 1 fully saturated rings. The van der Waals surface area contributed by atoms with Crippen molar-refractivity contribution in [3.63, 3.8) is 0 Å². The van der Waals surface area contributed by atoms with Crippen LogP contribution in [0.2, 0.25) is 0 Å². The molecule has 0 spiro atoms. The van der Waals surface area contributed by atoms with Gasteiger partial charge in [0.2, 0.25) is 5.13 Å². The van der Waals surface area contributed by atoms with Crippen molar-refractivity contribution in [1.82, 2.24) is 10.2 Å². The summed E-state index contributed by atoms with van der Waals surface area (Å²) in [4.78, 5) is 14.1. The van der Waals surface area contributed by atoms with E-state index in [-0.39, 0.29) is 5.91 Å². The molecule has 100 valence electrons. The minimum Gasteiger partial charge on any atom is -0.296 e. The highest BCUT2D eigenvalue weighted by Gasteiger charge is 2.27. The largest absolute Gasteiger partial charge is 0.296 e. The summed E-state index contributed by atoms with van der Waals surface area (Å²) in [5.41, 5.74) is 1.19. The first-order valence-electron chi connectivity index (χ1n) is 6.41.